The Hall–Kier alpha value is -0.630. The van der Waals surface area contributed by atoms with Crippen molar-refractivity contribution in [2.75, 3.05) is 6.61 Å². The Bertz CT molecular complexity index is 116. The average Bonchev–Trinajstić information content (AvgIpc) is 1.82. The lowest BCUT2D eigenvalue weighted by atomic mass is 10.1. The number of aliphatic hydroxyl groups excluding tert-OH is 1. The van der Waals surface area contributed by atoms with Gasteiger partial charge in [0, 0.05) is 13.0 Å². The van der Waals surface area contributed by atoms with Gasteiger partial charge in [0.1, 0.15) is 0 Å². The molecule has 0 atom stereocenters. The number of carbonyl (C=O) groups excluding carboxylic acids is 1. The van der Waals surface area contributed by atoms with E-state index in [9.17, 15) is 4.79 Å². The van der Waals surface area contributed by atoms with Gasteiger partial charge in [-0.2, -0.15) is 0 Å². The van der Waals surface area contributed by atoms with E-state index in [-0.39, 0.29) is 12.4 Å². The quantitative estimate of drug-likeness (QED) is 0.565. The van der Waals surface area contributed by atoms with Gasteiger partial charge >= 0.3 is 0 Å². The van der Waals surface area contributed by atoms with Crippen molar-refractivity contribution >= 4 is 5.78 Å². The minimum Gasteiger partial charge on any atom is -0.396 e. The molecule has 2 nitrogen and oxygen atoms in total. The molecule has 1 N–H and O–H groups in total. The highest BCUT2D eigenvalue weighted by atomic mass is 16.3. The number of carbonyl (C=O) groups is 1. The van der Waals surface area contributed by atoms with Gasteiger partial charge < -0.3 is 5.11 Å². The number of hydrogen-bond acceptors (Lipinski definition) is 2. The summed E-state index contributed by atoms with van der Waals surface area (Å²) in [4.78, 5) is 10.6. The second-order valence-electron chi connectivity index (χ2n) is 1.86. The van der Waals surface area contributed by atoms with E-state index in [1.807, 2.05) is 0 Å². The zero-order chi connectivity index (χ0) is 7.28. The molecule has 0 rings (SSSR count). The number of aliphatic hydroxyl groups is 1. The zero-order valence-electron chi connectivity index (χ0n) is 5.55. The summed E-state index contributed by atoms with van der Waals surface area (Å²) in [6.45, 7) is 5.12. The van der Waals surface area contributed by atoms with Crippen molar-refractivity contribution in [3.8, 4) is 0 Å². The van der Waals surface area contributed by atoms with Gasteiger partial charge in [0.2, 0.25) is 0 Å². The smallest absolute Gasteiger partial charge is 0.161 e. The molecule has 2 heteroatoms. The van der Waals surface area contributed by atoms with Crippen LogP contribution in [0.4, 0.5) is 0 Å². The van der Waals surface area contributed by atoms with E-state index in [1.165, 1.54) is 6.42 Å². The van der Waals surface area contributed by atoms with Crippen LogP contribution in [0.3, 0.4) is 0 Å². The summed E-state index contributed by atoms with van der Waals surface area (Å²) in [6.07, 6.45) is 1.86. The van der Waals surface area contributed by atoms with Crippen LogP contribution >= 0.6 is 0 Å². The van der Waals surface area contributed by atoms with E-state index in [2.05, 4.69) is 6.58 Å². The maximum Gasteiger partial charge on any atom is 0.161 e. The Balaban J connectivity index is 3.39. The van der Waals surface area contributed by atoms with E-state index in [0.29, 0.717) is 12.0 Å². The Morgan fingerprint density at radius 1 is 1.78 bits per heavy atom. The molecule has 0 aromatic carbocycles. The maximum atomic E-state index is 10.6. The van der Waals surface area contributed by atoms with Gasteiger partial charge in [0.25, 0.3) is 0 Å². The third kappa shape index (κ3) is 3.91. The molecule has 0 aliphatic rings. The van der Waals surface area contributed by atoms with Gasteiger partial charge in [-0.1, -0.05) is 6.58 Å². The molecule has 9 heavy (non-hydrogen) atoms. The molecule has 51 valence electrons. The fourth-order valence-electron chi connectivity index (χ4n) is 0.370. The molecule has 0 saturated heterocycles. The fraction of sp³-hybridized carbons (Fsp3) is 0.429. The summed E-state index contributed by atoms with van der Waals surface area (Å²) in [5.41, 5.74) is 0.517. The van der Waals surface area contributed by atoms with Gasteiger partial charge in [0.05, 0.1) is 0 Å². The van der Waals surface area contributed by atoms with Crippen molar-refractivity contribution in [2.45, 2.75) is 13.3 Å². The molecule has 0 bridgehead atoms. The Morgan fingerprint density at radius 3 is 2.67 bits per heavy atom. The number of ketones is 1. The highest BCUT2D eigenvalue weighted by Gasteiger charge is 1.99. The Labute approximate surface area is 55.2 Å². The summed E-state index contributed by atoms with van der Waals surface area (Å²) in [6, 6.07) is 0. The van der Waals surface area contributed by atoms with Crippen LogP contribution < -0.4 is 0 Å². The van der Waals surface area contributed by atoms with Crippen LogP contribution in [0.5, 0.6) is 0 Å². The van der Waals surface area contributed by atoms with Crippen molar-refractivity contribution in [1.29, 1.82) is 0 Å². The van der Waals surface area contributed by atoms with Crippen LogP contribution in [0.25, 0.3) is 0 Å². The molecule has 0 aromatic rings. The SMILES string of the molecule is C=C(C)C(=O)[CH]CCO. The molecule has 1 radical (unpaired) electrons. The second kappa shape index (κ2) is 4.27. The van der Waals surface area contributed by atoms with Crippen LogP contribution in [-0.2, 0) is 4.79 Å². The average molecular weight is 127 g/mol. The molecule has 0 spiro atoms. The van der Waals surface area contributed by atoms with Crippen LogP contribution in [0.1, 0.15) is 13.3 Å². The largest absolute Gasteiger partial charge is 0.396 e. The number of allylic oxidation sites excluding steroid dienone is 1. The Morgan fingerprint density at radius 2 is 2.33 bits per heavy atom. The van der Waals surface area contributed by atoms with Crippen LogP contribution in [0.15, 0.2) is 12.2 Å². The predicted octanol–water partition coefficient (Wildman–Crippen LogP) is 0.718. The van der Waals surface area contributed by atoms with E-state index >= 15 is 0 Å². The Kier molecular flexibility index (Phi) is 3.97. The predicted molar refractivity (Wildman–Crippen MR) is 35.8 cm³/mol. The van der Waals surface area contributed by atoms with Gasteiger partial charge in [-0.05, 0) is 18.9 Å². The first-order valence-electron chi connectivity index (χ1n) is 2.82. The second-order valence-corrected chi connectivity index (χ2v) is 1.86. The van der Waals surface area contributed by atoms with Crippen molar-refractivity contribution in [1.82, 2.24) is 0 Å². The van der Waals surface area contributed by atoms with Crippen molar-refractivity contribution in [3.05, 3.63) is 18.6 Å². The summed E-state index contributed by atoms with van der Waals surface area (Å²) in [5.74, 6) is -0.0796. The first-order chi connectivity index (χ1) is 4.18. The highest BCUT2D eigenvalue weighted by molar-refractivity contribution is 6.00. The summed E-state index contributed by atoms with van der Waals surface area (Å²) in [7, 11) is 0. The van der Waals surface area contributed by atoms with Crippen LogP contribution in [0.2, 0.25) is 0 Å². The molecule has 0 unspecified atom stereocenters. The van der Waals surface area contributed by atoms with Crippen LogP contribution in [0, 0.1) is 6.42 Å². The molecule has 0 aliphatic carbocycles. The molecule has 0 saturated carbocycles. The maximum absolute atomic E-state index is 10.6. The minimum atomic E-state index is -0.0796. The molecule has 0 amide bonds. The number of hydrogen-bond donors (Lipinski definition) is 1. The van der Waals surface area contributed by atoms with Gasteiger partial charge in [-0.3, -0.25) is 4.79 Å². The minimum absolute atomic E-state index is 0.0268. The van der Waals surface area contributed by atoms with Crippen molar-refractivity contribution in [3.63, 3.8) is 0 Å². The first kappa shape index (κ1) is 8.37. The lowest BCUT2D eigenvalue weighted by molar-refractivity contribution is -0.112. The lowest BCUT2D eigenvalue weighted by Crippen LogP contribution is -2.00. The van der Waals surface area contributed by atoms with Gasteiger partial charge in [-0.25, -0.2) is 0 Å². The third-order valence-corrected chi connectivity index (χ3v) is 0.879. The summed E-state index contributed by atoms with van der Waals surface area (Å²) >= 11 is 0. The third-order valence-electron chi connectivity index (χ3n) is 0.879. The molecule has 0 aliphatic heterocycles. The van der Waals surface area contributed by atoms with Gasteiger partial charge in [0.15, 0.2) is 5.78 Å². The molecular weight excluding hydrogens is 116 g/mol. The summed E-state index contributed by atoms with van der Waals surface area (Å²) in [5, 5.41) is 8.28. The monoisotopic (exact) mass is 127 g/mol. The van der Waals surface area contributed by atoms with E-state index in [1.54, 1.807) is 6.92 Å². The number of Topliss-reactive ketones (excluding diaryl/α,β-unsaturated/α-hetero) is 1. The summed E-state index contributed by atoms with van der Waals surface area (Å²) < 4.78 is 0. The normalized spacial score (nSPS) is 9.11. The van der Waals surface area contributed by atoms with Crippen LogP contribution in [-0.4, -0.2) is 17.5 Å². The zero-order valence-corrected chi connectivity index (χ0v) is 5.55. The van der Waals surface area contributed by atoms with Crippen molar-refractivity contribution < 1.29 is 9.90 Å². The standard InChI is InChI=1S/C7H11O2/c1-6(2)7(9)4-3-5-8/h4,8H,1,3,5H2,2H3. The molecule has 0 heterocycles. The van der Waals surface area contributed by atoms with E-state index in [4.69, 9.17) is 5.11 Å². The number of rotatable bonds is 4. The fourth-order valence-corrected chi connectivity index (χ4v) is 0.370. The lowest BCUT2D eigenvalue weighted by Gasteiger charge is -1.93. The van der Waals surface area contributed by atoms with E-state index in [0.717, 1.165) is 0 Å². The molecule has 0 aromatic heterocycles. The van der Waals surface area contributed by atoms with Crippen molar-refractivity contribution in [2.24, 2.45) is 0 Å². The molecule has 0 fully saturated rings. The highest BCUT2D eigenvalue weighted by Crippen LogP contribution is 1.95. The molecular formula is C7H11O2. The van der Waals surface area contributed by atoms with E-state index < -0.39 is 0 Å². The topological polar surface area (TPSA) is 37.3 Å². The first-order valence-corrected chi connectivity index (χ1v) is 2.82. The van der Waals surface area contributed by atoms with Gasteiger partial charge in [-0.15, -0.1) is 0 Å².